The number of H-pyrrole nitrogens is 1. The maximum atomic E-state index is 12.4. The molecule has 1 aromatic carbocycles. The van der Waals surface area contributed by atoms with Crippen molar-refractivity contribution in [3.8, 4) is 11.5 Å². The molecule has 0 radical (unpaired) electrons. The molecule has 0 aliphatic carbocycles. The van der Waals surface area contributed by atoms with E-state index in [1.807, 2.05) is 19.1 Å². The average molecular weight is 319 g/mol. The highest BCUT2D eigenvalue weighted by Crippen LogP contribution is 2.24. The molecule has 0 amide bonds. The average Bonchev–Trinajstić information content (AvgIpc) is 2.88. The lowest BCUT2D eigenvalue weighted by Gasteiger charge is -2.09. The van der Waals surface area contributed by atoms with Crippen molar-refractivity contribution >= 4 is 26.8 Å². The fourth-order valence-electron chi connectivity index (χ4n) is 2.09. The Labute approximate surface area is 117 Å². The summed E-state index contributed by atoms with van der Waals surface area (Å²) in [6.45, 7) is 1.95. The van der Waals surface area contributed by atoms with Gasteiger partial charge >= 0.3 is 0 Å². The lowest BCUT2D eigenvalue weighted by atomic mass is 10.1. The third kappa shape index (κ3) is 1.88. The van der Waals surface area contributed by atoms with Gasteiger partial charge < -0.3 is 0 Å². The summed E-state index contributed by atoms with van der Waals surface area (Å²) in [6.07, 6.45) is 1.63. The van der Waals surface area contributed by atoms with E-state index in [1.54, 1.807) is 19.3 Å². The van der Waals surface area contributed by atoms with Crippen molar-refractivity contribution in [2.24, 2.45) is 7.05 Å². The fraction of sp³-hybridized carbons (Fsp3) is 0.154. The summed E-state index contributed by atoms with van der Waals surface area (Å²) in [5, 5.41) is 7.33. The van der Waals surface area contributed by atoms with Crippen LogP contribution >= 0.6 is 15.9 Å². The number of aromatic amines is 1. The SMILES string of the molecule is Cc1cc(Br)c2nc(-c3ccn[nH]3)n(C)c(=O)c2c1. The van der Waals surface area contributed by atoms with Crippen LogP contribution in [0.1, 0.15) is 5.56 Å². The molecule has 2 aromatic heterocycles. The number of nitrogens with one attached hydrogen (secondary N) is 1. The van der Waals surface area contributed by atoms with Crippen LogP contribution in [0.3, 0.4) is 0 Å². The largest absolute Gasteiger partial charge is 0.294 e. The van der Waals surface area contributed by atoms with Crippen LogP contribution in [0, 0.1) is 6.92 Å². The predicted octanol–water partition coefficient (Wildman–Crippen LogP) is 2.39. The van der Waals surface area contributed by atoms with Gasteiger partial charge in [0.2, 0.25) is 0 Å². The summed E-state index contributed by atoms with van der Waals surface area (Å²) >= 11 is 3.47. The van der Waals surface area contributed by atoms with Crippen molar-refractivity contribution in [1.82, 2.24) is 19.7 Å². The van der Waals surface area contributed by atoms with Gasteiger partial charge in [-0.2, -0.15) is 5.10 Å². The first kappa shape index (κ1) is 12.1. The monoisotopic (exact) mass is 318 g/mol. The van der Waals surface area contributed by atoms with Crippen LogP contribution in [0.5, 0.6) is 0 Å². The number of hydrogen-bond donors (Lipinski definition) is 1. The molecule has 3 rings (SSSR count). The highest BCUT2D eigenvalue weighted by Gasteiger charge is 2.13. The molecule has 5 nitrogen and oxygen atoms in total. The van der Waals surface area contributed by atoms with E-state index >= 15 is 0 Å². The first-order valence-corrected chi connectivity index (χ1v) is 6.54. The number of aromatic nitrogens is 4. The first-order valence-electron chi connectivity index (χ1n) is 5.74. The second kappa shape index (κ2) is 4.31. The van der Waals surface area contributed by atoms with Gasteiger partial charge in [-0.15, -0.1) is 0 Å². The van der Waals surface area contributed by atoms with Gasteiger partial charge in [0.15, 0.2) is 5.82 Å². The Hall–Kier alpha value is -1.95. The number of halogens is 1. The van der Waals surface area contributed by atoms with E-state index in [0.717, 1.165) is 10.0 Å². The van der Waals surface area contributed by atoms with Gasteiger partial charge in [-0.3, -0.25) is 14.5 Å². The van der Waals surface area contributed by atoms with Crippen LogP contribution in [0.2, 0.25) is 0 Å². The molecule has 0 aliphatic rings. The topological polar surface area (TPSA) is 63.6 Å². The van der Waals surface area contributed by atoms with Gasteiger partial charge in [-0.05, 0) is 46.6 Å². The van der Waals surface area contributed by atoms with Crippen molar-refractivity contribution in [3.05, 3.63) is 44.8 Å². The van der Waals surface area contributed by atoms with E-state index in [9.17, 15) is 4.79 Å². The smallest absolute Gasteiger partial charge is 0.261 e. The minimum Gasteiger partial charge on any atom is -0.294 e. The molecule has 0 aliphatic heterocycles. The molecule has 0 fully saturated rings. The normalized spacial score (nSPS) is 11.1. The summed E-state index contributed by atoms with van der Waals surface area (Å²) in [4.78, 5) is 17.0. The summed E-state index contributed by atoms with van der Waals surface area (Å²) < 4.78 is 2.35. The molecule has 1 N–H and O–H groups in total. The Balaban J connectivity index is 2.45. The summed E-state index contributed by atoms with van der Waals surface area (Å²) in [5.41, 5.74) is 2.33. The molecule has 0 atom stereocenters. The third-order valence-corrected chi connectivity index (χ3v) is 3.62. The minimum absolute atomic E-state index is 0.0704. The van der Waals surface area contributed by atoms with Crippen LogP contribution < -0.4 is 5.56 Å². The van der Waals surface area contributed by atoms with Crippen molar-refractivity contribution < 1.29 is 0 Å². The Morgan fingerprint density at radius 3 is 2.84 bits per heavy atom. The van der Waals surface area contributed by atoms with E-state index in [-0.39, 0.29) is 5.56 Å². The quantitative estimate of drug-likeness (QED) is 0.749. The zero-order chi connectivity index (χ0) is 13.6. The maximum absolute atomic E-state index is 12.4. The van der Waals surface area contributed by atoms with Crippen LogP contribution in [0.25, 0.3) is 22.4 Å². The third-order valence-electron chi connectivity index (χ3n) is 3.02. The van der Waals surface area contributed by atoms with E-state index in [4.69, 9.17) is 0 Å². The first-order chi connectivity index (χ1) is 9.08. The van der Waals surface area contributed by atoms with Gasteiger partial charge in [-0.1, -0.05) is 0 Å². The molecule has 0 spiro atoms. The second-order valence-electron chi connectivity index (χ2n) is 4.41. The molecule has 0 saturated carbocycles. The molecule has 96 valence electrons. The Morgan fingerprint density at radius 1 is 1.37 bits per heavy atom. The van der Waals surface area contributed by atoms with Gasteiger partial charge in [0.05, 0.1) is 10.9 Å². The maximum Gasteiger partial charge on any atom is 0.261 e. The van der Waals surface area contributed by atoms with Crippen molar-refractivity contribution in [1.29, 1.82) is 0 Å². The van der Waals surface area contributed by atoms with Gasteiger partial charge in [0.1, 0.15) is 5.69 Å². The molecule has 6 heteroatoms. The van der Waals surface area contributed by atoms with Crippen LogP contribution in [0.4, 0.5) is 0 Å². The van der Waals surface area contributed by atoms with Crippen LogP contribution in [0.15, 0.2) is 33.7 Å². The number of benzene rings is 1. The Kier molecular flexibility index (Phi) is 2.74. The molecule has 0 bridgehead atoms. The van der Waals surface area contributed by atoms with E-state index in [0.29, 0.717) is 22.4 Å². The van der Waals surface area contributed by atoms with Gasteiger partial charge in [-0.25, -0.2) is 4.98 Å². The summed E-state index contributed by atoms with van der Waals surface area (Å²) in [7, 11) is 1.71. The molecule has 0 saturated heterocycles. The lowest BCUT2D eigenvalue weighted by Crippen LogP contribution is -2.20. The second-order valence-corrected chi connectivity index (χ2v) is 5.27. The predicted molar refractivity (Wildman–Crippen MR) is 77.0 cm³/mol. The number of nitrogens with zero attached hydrogens (tertiary/aromatic N) is 3. The number of rotatable bonds is 1. The van der Waals surface area contributed by atoms with Crippen molar-refractivity contribution in [3.63, 3.8) is 0 Å². The molecule has 2 heterocycles. The standard InChI is InChI=1S/C13H11BrN4O/c1-7-5-8-11(9(14)6-7)16-12(18(2)13(8)19)10-3-4-15-17-10/h3-6H,1-2H3,(H,15,17). The van der Waals surface area contributed by atoms with Gasteiger partial charge in [0.25, 0.3) is 5.56 Å². The Bertz CT molecular complexity index is 821. The highest BCUT2D eigenvalue weighted by molar-refractivity contribution is 9.10. The summed E-state index contributed by atoms with van der Waals surface area (Å²) in [5.74, 6) is 0.569. The van der Waals surface area contributed by atoms with Crippen LogP contribution in [-0.4, -0.2) is 19.7 Å². The lowest BCUT2D eigenvalue weighted by molar-refractivity contribution is 0.847. The number of aryl methyl sites for hydroxylation is 1. The van der Waals surface area contributed by atoms with Crippen LogP contribution in [-0.2, 0) is 7.05 Å². The molecular formula is C13H11BrN4O. The van der Waals surface area contributed by atoms with Crippen molar-refractivity contribution in [2.75, 3.05) is 0 Å². The van der Waals surface area contributed by atoms with E-state index < -0.39 is 0 Å². The summed E-state index contributed by atoms with van der Waals surface area (Å²) in [6, 6.07) is 5.59. The number of hydrogen-bond acceptors (Lipinski definition) is 3. The highest BCUT2D eigenvalue weighted by atomic mass is 79.9. The zero-order valence-electron chi connectivity index (χ0n) is 10.4. The van der Waals surface area contributed by atoms with E-state index in [1.165, 1.54) is 4.57 Å². The molecular weight excluding hydrogens is 308 g/mol. The van der Waals surface area contributed by atoms with Gasteiger partial charge in [0, 0.05) is 17.7 Å². The van der Waals surface area contributed by atoms with E-state index in [2.05, 4.69) is 31.1 Å². The Morgan fingerprint density at radius 2 is 2.16 bits per heavy atom. The molecule has 19 heavy (non-hydrogen) atoms. The number of fused-ring (bicyclic) bond motifs is 1. The zero-order valence-corrected chi connectivity index (χ0v) is 12.0. The molecule has 3 aromatic rings. The van der Waals surface area contributed by atoms with Crippen molar-refractivity contribution in [2.45, 2.75) is 6.92 Å². The minimum atomic E-state index is -0.0704. The fourth-order valence-corrected chi connectivity index (χ4v) is 2.75. The molecule has 0 unspecified atom stereocenters.